The number of halogens is 1. The van der Waals surface area contributed by atoms with Gasteiger partial charge in [-0.05, 0) is 70.2 Å². The zero-order valence-corrected chi connectivity index (χ0v) is 16.8. The summed E-state index contributed by atoms with van der Waals surface area (Å²) in [6.07, 6.45) is 0. The van der Waals surface area contributed by atoms with Crippen LogP contribution in [0.5, 0.6) is 5.75 Å². The van der Waals surface area contributed by atoms with Gasteiger partial charge in [0.25, 0.3) is 5.91 Å². The van der Waals surface area contributed by atoms with Gasteiger partial charge in [0.1, 0.15) is 5.75 Å². The lowest BCUT2D eigenvalue weighted by atomic mass is 10.0. The van der Waals surface area contributed by atoms with E-state index in [9.17, 15) is 4.79 Å². The smallest absolute Gasteiger partial charge is 0.258 e. The highest BCUT2D eigenvalue weighted by atomic mass is 79.9. The van der Waals surface area contributed by atoms with E-state index in [2.05, 4.69) is 47.2 Å². The first-order valence-electron chi connectivity index (χ1n) is 8.62. The molecule has 26 heavy (non-hydrogen) atoms. The van der Waals surface area contributed by atoms with E-state index in [0.717, 1.165) is 20.8 Å². The Bertz CT molecular complexity index is 952. The molecule has 1 amide bonds. The first kappa shape index (κ1) is 18.5. The monoisotopic (exact) mass is 411 g/mol. The third-order valence-electron chi connectivity index (χ3n) is 4.60. The molecule has 0 fully saturated rings. The first-order valence-corrected chi connectivity index (χ1v) is 9.41. The van der Waals surface area contributed by atoms with Crippen LogP contribution >= 0.6 is 15.9 Å². The van der Waals surface area contributed by atoms with E-state index in [-0.39, 0.29) is 18.6 Å². The molecule has 0 radical (unpaired) electrons. The molecule has 3 aromatic rings. The fourth-order valence-electron chi connectivity index (χ4n) is 2.87. The lowest BCUT2D eigenvalue weighted by Gasteiger charge is -2.16. The number of benzene rings is 3. The number of ether oxygens (including phenoxy) is 1. The normalized spacial score (nSPS) is 12.0. The summed E-state index contributed by atoms with van der Waals surface area (Å²) in [5.74, 6) is 0.522. The Hall–Kier alpha value is -2.33. The highest BCUT2D eigenvalue weighted by Crippen LogP contribution is 2.33. The largest absolute Gasteiger partial charge is 0.483 e. The molecule has 1 atom stereocenters. The van der Waals surface area contributed by atoms with Crippen LogP contribution in [0.25, 0.3) is 10.8 Å². The van der Waals surface area contributed by atoms with E-state index in [0.29, 0.717) is 5.75 Å². The third kappa shape index (κ3) is 4.07. The number of fused-ring (bicyclic) bond motifs is 1. The number of aryl methyl sites for hydroxylation is 2. The molecule has 3 aromatic carbocycles. The number of rotatable bonds is 5. The molecule has 3 nitrogen and oxygen atoms in total. The average molecular weight is 412 g/mol. The minimum absolute atomic E-state index is 0.0217. The topological polar surface area (TPSA) is 38.3 Å². The molecule has 0 heterocycles. The lowest BCUT2D eigenvalue weighted by molar-refractivity contribution is -0.123. The number of carbonyl (C=O) groups is 1. The van der Waals surface area contributed by atoms with Crippen LogP contribution in [0.2, 0.25) is 0 Å². The Kier molecular flexibility index (Phi) is 5.62. The number of hydrogen-bond acceptors (Lipinski definition) is 2. The van der Waals surface area contributed by atoms with Crippen LogP contribution < -0.4 is 10.1 Å². The van der Waals surface area contributed by atoms with E-state index in [1.807, 2.05) is 49.4 Å². The van der Waals surface area contributed by atoms with Crippen molar-refractivity contribution in [2.24, 2.45) is 0 Å². The fourth-order valence-corrected chi connectivity index (χ4v) is 3.48. The maximum absolute atomic E-state index is 12.3. The van der Waals surface area contributed by atoms with Gasteiger partial charge in [-0.3, -0.25) is 4.79 Å². The van der Waals surface area contributed by atoms with Gasteiger partial charge in [-0.25, -0.2) is 0 Å². The third-order valence-corrected chi connectivity index (χ3v) is 5.41. The highest BCUT2D eigenvalue weighted by molar-refractivity contribution is 9.10. The molecule has 1 unspecified atom stereocenters. The molecule has 0 saturated heterocycles. The number of amides is 1. The standard InChI is InChI=1S/C22H22BrNO2/c1-14-8-9-18(12-15(14)2)16(3)24-21(25)13-26-20-11-10-17-6-4-5-7-19(17)22(20)23/h4-12,16H,13H2,1-3H3,(H,24,25). The molecule has 0 spiro atoms. The van der Waals surface area contributed by atoms with Gasteiger partial charge < -0.3 is 10.1 Å². The summed E-state index contributed by atoms with van der Waals surface area (Å²) < 4.78 is 6.59. The van der Waals surface area contributed by atoms with E-state index in [4.69, 9.17) is 4.74 Å². The Balaban J connectivity index is 1.63. The van der Waals surface area contributed by atoms with E-state index in [1.54, 1.807) is 0 Å². The number of carbonyl (C=O) groups excluding carboxylic acids is 1. The molecule has 0 aliphatic rings. The van der Waals surface area contributed by atoms with Gasteiger partial charge in [0.05, 0.1) is 10.5 Å². The van der Waals surface area contributed by atoms with Gasteiger partial charge in [0.15, 0.2) is 6.61 Å². The molecule has 0 bridgehead atoms. The van der Waals surface area contributed by atoms with E-state index >= 15 is 0 Å². The SMILES string of the molecule is Cc1ccc(C(C)NC(=O)COc2ccc3ccccc3c2Br)cc1C. The second-order valence-corrected chi connectivity index (χ2v) is 7.31. The van der Waals surface area contributed by atoms with Crippen molar-refractivity contribution in [2.45, 2.75) is 26.8 Å². The quantitative estimate of drug-likeness (QED) is 0.603. The molecule has 0 aromatic heterocycles. The molecule has 3 rings (SSSR count). The van der Waals surface area contributed by atoms with Crippen molar-refractivity contribution in [3.05, 3.63) is 75.8 Å². The highest BCUT2D eigenvalue weighted by Gasteiger charge is 2.12. The van der Waals surface area contributed by atoms with Crippen molar-refractivity contribution in [2.75, 3.05) is 6.61 Å². The summed E-state index contributed by atoms with van der Waals surface area (Å²) in [7, 11) is 0. The summed E-state index contributed by atoms with van der Waals surface area (Å²) in [5.41, 5.74) is 3.56. The van der Waals surface area contributed by atoms with E-state index < -0.39 is 0 Å². The summed E-state index contributed by atoms with van der Waals surface area (Å²) in [5, 5.41) is 5.18. The van der Waals surface area contributed by atoms with Crippen LogP contribution in [0.3, 0.4) is 0 Å². The molecular weight excluding hydrogens is 390 g/mol. The zero-order chi connectivity index (χ0) is 18.7. The van der Waals surface area contributed by atoms with Crippen LogP contribution in [-0.4, -0.2) is 12.5 Å². The van der Waals surface area contributed by atoms with Gasteiger partial charge in [-0.2, -0.15) is 0 Å². The maximum atomic E-state index is 12.3. The predicted octanol–water partition coefficient (Wildman–Crippen LogP) is 5.48. The van der Waals surface area contributed by atoms with Crippen LogP contribution in [0.4, 0.5) is 0 Å². The molecule has 134 valence electrons. The van der Waals surface area contributed by atoms with Gasteiger partial charge in [-0.1, -0.05) is 48.5 Å². The van der Waals surface area contributed by atoms with Gasteiger partial charge >= 0.3 is 0 Å². The summed E-state index contributed by atoms with van der Waals surface area (Å²) >= 11 is 3.58. The lowest BCUT2D eigenvalue weighted by Crippen LogP contribution is -2.31. The van der Waals surface area contributed by atoms with Crippen LogP contribution in [0.15, 0.2) is 59.1 Å². The molecule has 0 saturated carbocycles. The van der Waals surface area contributed by atoms with Crippen molar-refractivity contribution in [1.82, 2.24) is 5.32 Å². The molecule has 4 heteroatoms. The predicted molar refractivity (Wildman–Crippen MR) is 110 cm³/mol. The minimum Gasteiger partial charge on any atom is -0.483 e. The van der Waals surface area contributed by atoms with Crippen LogP contribution in [-0.2, 0) is 4.79 Å². The summed E-state index contributed by atoms with van der Waals surface area (Å²) in [6, 6.07) is 18.1. The second-order valence-electron chi connectivity index (χ2n) is 6.52. The molecular formula is C22H22BrNO2. The zero-order valence-electron chi connectivity index (χ0n) is 15.2. The van der Waals surface area contributed by atoms with Crippen molar-refractivity contribution in [1.29, 1.82) is 0 Å². The Labute approximate surface area is 162 Å². The molecule has 1 N–H and O–H groups in total. The molecule has 0 aliphatic carbocycles. The van der Waals surface area contributed by atoms with Gasteiger partial charge in [0, 0.05) is 0 Å². The molecule has 0 aliphatic heterocycles. The number of hydrogen-bond donors (Lipinski definition) is 1. The minimum atomic E-state index is -0.143. The summed E-state index contributed by atoms with van der Waals surface area (Å²) in [6.45, 7) is 6.12. The Morgan fingerprint density at radius 1 is 1.08 bits per heavy atom. The Morgan fingerprint density at radius 2 is 1.85 bits per heavy atom. The summed E-state index contributed by atoms with van der Waals surface area (Å²) in [4.78, 5) is 12.3. The van der Waals surface area contributed by atoms with Crippen molar-refractivity contribution in [3.63, 3.8) is 0 Å². The van der Waals surface area contributed by atoms with Crippen molar-refractivity contribution in [3.8, 4) is 5.75 Å². The van der Waals surface area contributed by atoms with E-state index in [1.165, 1.54) is 11.1 Å². The first-order chi connectivity index (χ1) is 12.5. The number of nitrogens with one attached hydrogen (secondary N) is 1. The van der Waals surface area contributed by atoms with Gasteiger partial charge in [-0.15, -0.1) is 0 Å². The maximum Gasteiger partial charge on any atom is 0.258 e. The van der Waals surface area contributed by atoms with Crippen LogP contribution in [0, 0.1) is 13.8 Å². The van der Waals surface area contributed by atoms with Crippen molar-refractivity contribution >= 4 is 32.6 Å². The second kappa shape index (κ2) is 7.92. The fraction of sp³-hybridized carbons (Fsp3) is 0.227. The average Bonchev–Trinajstić information content (AvgIpc) is 2.63. The van der Waals surface area contributed by atoms with Crippen LogP contribution in [0.1, 0.15) is 29.7 Å². The Morgan fingerprint density at radius 3 is 2.62 bits per heavy atom. The van der Waals surface area contributed by atoms with Gasteiger partial charge in [0.2, 0.25) is 0 Å². The van der Waals surface area contributed by atoms with Crippen molar-refractivity contribution < 1.29 is 9.53 Å².